The van der Waals surface area contributed by atoms with E-state index in [1.54, 1.807) is 42.4 Å². The maximum Gasteiger partial charge on any atom is 0.254 e. The Morgan fingerprint density at radius 3 is 2.38 bits per heavy atom. The van der Waals surface area contributed by atoms with E-state index in [4.69, 9.17) is 16.3 Å². The first-order chi connectivity index (χ1) is 19.0. The Morgan fingerprint density at radius 2 is 1.62 bits per heavy atom. The van der Waals surface area contributed by atoms with Crippen LogP contribution in [0, 0.1) is 0 Å². The SMILES string of the molecule is CC(=O)N1CCCN(c2ncccn2)CCN(C(=O)c2ccc(Cl)c(N3CCOCC3)c2)Cc2ccccc21. The van der Waals surface area contributed by atoms with E-state index in [0.29, 0.717) is 62.5 Å². The Labute approximate surface area is 233 Å². The zero-order valence-corrected chi connectivity index (χ0v) is 22.9. The highest BCUT2D eigenvalue weighted by Crippen LogP contribution is 2.29. The van der Waals surface area contributed by atoms with Crippen LogP contribution in [0.4, 0.5) is 17.3 Å². The first kappa shape index (κ1) is 26.9. The van der Waals surface area contributed by atoms with Crippen LogP contribution in [0.5, 0.6) is 0 Å². The number of para-hydroxylation sites is 1. The molecule has 10 heteroatoms. The molecule has 0 N–H and O–H groups in total. The van der Waals surface area contributed by atoms with E-state index in [9.17, 15) is 9.59 Å². The van der Waals surface area contributed by atoms with Gasteiger partial charge in [0.25, 0.3) is 5.91 Å². The molecule has 1 aromatic heterocycles. The monoisotopic (exact) mass is 548 g/mol. The highest BCUT2D eigenvalue weighted by molar-refractivity contribution is 6.33. The van der Waals surface area contributed by atoms with Crippen molar-refractivity contribution >= 4 is 40.7 Å². The first-order valence-corrected chi connectivity index (χ1v) is 13.7. The molecule has 0 atom stereocenters. The number of aromatic nitrogens is 2. The molecule has 0 radical (unpaired) electrons. The Bertz CT molecular complexity index is 1300. The van der Waals surface area contributed by atoms with E-state index < -0.39 is 0 Å². The molecule has 0 saturated carbocycles. The predicted molar refractivity (Wildman–Crippen MR) is 153 cm³/mol. The van der Waals surface area contributed by atoms with Gasteiger partial charge < -0.3 is 24.3 Å². The number of morpholine rings is 1. The van der Waals surface area contributed by atoms with Crippen molar-refractivity contribution in [3.8, 4) is 0 Å². The molecule has 1 saturated heterocycles. The molecule has 2 aromatic carbocycles. The van der Waals surface area contributed by atoms with Crippen molar-refractivity contribution in [2.24, 2.45) is 0 Å². The molecule has 2 amide bonds. The summed E-state index contributed by atoms with van der Waals surface area (Å²) in [5.74, 6) is 0.477. The number of carbonyl (C=O) groups is 2. The van der Waals surface area contributed by atoms with Crippen LogP contribution in [-0.2, 0) is 16.1 Å². The molecule has 5 rings (SSSR count). The third-order valence-corrected chi connectivity index (χ3v) is 7.46. The van der Waals surface area contributed by atoms with E-state index in [0.717, 1.165) is 36.4 Å². The van der Waals surface area contributed by atoms with Gasteiger partial charge in [-0.05, 0) is 42.3 Å². The number of amides is 2. The maximum atomic E-state index is 14.1. The standard InChI is InChI=1S/C29H33ClN6O3/c1-22(37)36-13-5-12-34(29-31-10-4-11-32-29)14-15-35(21-24-6-2-3-7-26(24)36)28(38)23-8-9-25(30)27(20-23)33-16-18-39-19-17-33/h2-4,6-11,20H,5,12-19,21H2,1H3. The summed E-state index contributed by atoms with van der Waals surface area (Å²) in [5, 5.41) is 0.612. The number of carbonyl (C=O) groups excluding carboxylic acids is 2. The van der Waals surface area contributed by atoms with Crippen LogP contribution in [0.2, 0.25) is 5.02 Å². The lowest BCUT2D eigenvalue weighted by molar-refractivity contribution is -0.116. The van der Waals surface area contributed by atoms with Crippen LogP contribution in [0.1, 0.15) is 29.3 Å². The summed E-state index contributed by atoms with van der Waals surface area (Å²) in [4.78, 5) is 43.5. The molecule has 0 spiro atoms. The summed E-state index contributed by atoms with van der Waals surface area (Å²) in [5.41, 5.74) is 3.16. The molecular formula is C29H33ClN6O3. The van der Waals surface area contributed by atoms with Gasteiger partial charge in [-0.15, -0.1) is 0 Å². The zero-order chi connectivity index (χ0) is 27.2. The summed E-state index contributed by atoms with van der Waals surface area (Å²) < 4.78 is 5.49. The lowest BCUT2D eigenvalue weighted by atomic mass is 10.1. The second-order valence-electron chi connectivity index (χ2n) is 9.68. The molecular weight excluding hydrogens is 516 g/mol. The molecule has 9 nitrogen and oxygen atoms in total. The van der Waals surface area contributed by atoms with Gasteiger partial charge in [-0.1, -0.05) is 29.8 Å². The van der Waals surface area contributed by atoms with E-state index in [1.807, 2.05) is 35.2 Å². The molecule has 204 valence electrons. The third kappa shape index (κ3) is 6.32. The smallest absolute Gasteiger partial charge is 0.254 e. The van der Waals surface area contributed by atoms with Crippen molar-refractivity contribution in [1.82, 2.24) is 14.9 Å². The van der Waals surface area contributed by atoms with E-state index in [1.165, 1.54) is 0 Å². The van der Waals surface area contributed by atoms with Gasteiger partial charge in [0.2, 0.25) is 11.9 Å². The highest BCUT2D eigenvalue weighted by Gasteiger charge is 2.25. The third-order valence-electron chi connectivity index (χ3n) is 7.14. The largest absolute Gasteiger partial charge is 0.378 e. The van der Waals surface area contributed by atoms with Gasteiger partial charge in [0, 0.05) is 76.4 Å². The Kier molecular flexibility index (Phi) is 8.58. The lowest BCUT2D eigenvalue weighted by Crippen LogP contribution is -2.39. The number of nitrogens with zero attached hydrogens (tertiary/aromatic N) is 6. The fourth-order valence-corrected chi connectivity index (χ4v) is 5.35. The highest BCUT2D eigenvalue weighted by atomic mass is 35.5. The number of ether oxygens (including phenoxy) is 1. The summed E-state index contributed by atoms with van der Waals surface area (Å²) >= 11 is 6.56. The van der Waals surface area contributed by atoms with Gasteiger partial charge in [0.1, 0.15) is 0 Å². The molecule has 0 unspecified atom stereocenters. The molecule has 3 aromatic rings. The van der Waals surface area contributed by atoms with Crippen LogP contribution in [0.25, 0.3) is 0 Å². The van der Waals surface area contributed by atoms with Gasteiger partial charge in [-0.3, -0.25) is 9.59 Å². The molecule has 39 heavy (non-hydrogen) atoms. The van der Waals surface area contributed by atoms with Crippen LogP contribution >= 0.6 is 11.6 Å². The number of halogens is 1. The number of benzene rings is 2. The quantitative estimate of drug-likeness (QED) is 0.491. The van der Waals surface area contributed by atoms with Crippen LogP contribution < -0.4 is 14.7 Å². The van der Waals surface area contributed by atoms with Crippen molar-refractivity contribution in [2.75, 3.05) is 67.2 Å². The molecule has 3 heterocycles. The van der Waals surface area contributed by atoms with Crippen LogP contribution in [0.15, 0.2) is 60.9 Å². The number of hydrogen-bond acceptors (Lipinski definition) is 7. The minimum absolute atomic E-state index is 0.0325. The van der Waals surface area contributed by atoms with Crippen LogP contribution in [0.3, 0.4) is 0 Å². The molecule has 2 aliphatic rings. The zero-order valence-electron chi connectivity index (χ0n) is 22.1. The minimum atomic E-state index is -0.0986. The topological polar surface area (TPSA) is 82.1 Å². The Hall–Kier alpha value is -3.69. The van der Waals surface area contributed by atoms with Crippen molar-refractivity contribution in [3.05, 3.63) is 77.1 Å². The van der Waals surface area contributed by atoms with Gasteiger partial charge in [-0.25, -0.2) is 9.97 Å². The van der Waals surface area contributed by atoms with Gasteiger partial charge in [0.15, 0.2) is 0 Å². The van der Waals surface area contributed by atoms with Crippen molar-refractivity contribution in [3.63, 3.8) is 0 Å². The first-order valence-electron chi connectivity index (χ1n) is 13.3. The summed E-state index contributed by atoms with van der Waals surface area (Å²) in [6.45, 7) is 6.87. The molecule has 0 bridgehead atoms. The average molecular weight is 549 g/mol. The van der Waals surface area contributed by atoms with Crippen molar-refractivity contribution < 1.29 is 14.3 Å². The molecule has 1 fully saturated rings. The van der Waals surface area contributed by atoms with Gasteiger partial charge >= 0.3 is 0 Å². The summed E-state index contributed by atoms with van der Waals surface area (Å²) in [7, 11) is 0. The Balaban J connectivity index is 1.49. The number of hydrogen-bond donors (Lipinski definition) is 0. The summed E-state index contributed by atoms with van der Waals surface area (Å²) in [6, 6.07) is 15.1. The van der Waals surface area contributed by atoms with E-state index in [2.05, 4.69) is 19.8 Å². The second-order valence-corrected chi connectivity index (χ2v) is 10.1. The van der Waals surface area contributed by atoms with Crippen molar-refractivity contribution in [2.45, 2.75) is 19.9 Å². The normalized spacial score (nSPS) is 16.9. The molecule has 0 aliphatic carbocycles. The summed E-state index contributed by atoms with van der Waals surface area (Å²) in [6.07, 6.45) is 4.17. The second kappa shape index (κ2) is 12.4. The van der Waals surface area contributed by atoms with Crippen LogP contribution in [-0.4, -0.2) is 79.2 Å². The van der Waals surface area contributed by atoms with E-state index >= 15 is 0 Å². The fourth-order valence-electron chi connectivity index (χ4n) is 5.12. The van der Waals surface area contributed by atoms with E-state index in [-0.39, 0.29) is 11.8 Å². The number of anilines is 3. The number of fused-ring (bicyclic) bond motifs is 1. The molecule has 2 aliphatic heterocycles. The van der Waals surface area contributed by atoms with Gasteiger partial charge in [0.05, 0.1) is 23.9 Å². The average Bonchev–Trinajstić information content (AvgIpc) is 3.00. The van der Waals surface area contributed by atoms with Crippen molar-refractivity contribution in [1.29, 1.82) is 0 Å². The van der Waals surface area contributed by atoms with Gasteiger partial charge in [-0.2, -0.15) is 0 Å². The Morgan fingerprint density at radius 1 is 0.846 bits per heavy atom. The fraction of sp³-hybridized carbons (Fsp3) is 0.379. The maximum absolute atomic E-state index is 14.1. The number of rotatable bonds is 3. The minimum Gasteiger partial charge on any atom is -0.378 e. The predicted octanol–water partition coefficient (Wildman–Crippen LogP) is 3.87. The lowest BCUT2D eigenvalue weighted by Gasteiger charge is -2.31.